The fraction of sp³-hybridized carbons (Fsp3) is 0.857. The van der Waals surface area contributed by atoms with Gasteiger partial charge in [0.15, 0.2) is 0 Å². The summed E-state index contributed by atoms with van der Waals surface area (Å²) in [5, 5.41) is 11.7. The Balaban J connectivity index is 2.34. The number of hydrogen-bond acceptors (Lipinski definition) is 3. The number of amides is 2. The van der Waals surface area contributed by atoms with E-state index < -0.39 is 5.97 Å². The quantitative estimate of drug-likeness (QED) is 0.769. The molecule has 0 spiro atoms. The number of carboxylic acid groups (broad SMARTS) is 1. The average Bonchev–Trinajstić information content (AvgIpc) is 2.42. The van der Waals surface area contributed by atoms with Crippen molar-refractivity contribution >= 4 is 12.0 Å². The first-order valence-electron chi connectivity index (χ1n) is 7.31. The van der Waals surface area contributed by atoms with E-state index in [1.165, 1.54) is 0 Å². The molecule has 1 aliphatic heterocycles. The van der Waals surface area contributed by atoms with Gasteiger partial charge in [-0.3, -0.25) is 4.79 Å². The molecule has 116 valence electrons. The van der Waals surface area contributed by atoms with E-state index >= 15 is 0 Å². The average molecular weight is 285 g/mol. The smallest absolute Gasteiger partial charge is 0.317 e. The molecular weight excluding hydrogens is 258 g/mol. The van der Waals surface area contributed by atoms with E-state index in [2.05, 4.69) is 17.1 Å². The lowest BCUT2D eigenvalue weighted by Crippen LogP contribution is -2.48. The van der Waals surface area contributed by atoms with Crippen LogP contribution in [0.15, 0.2) is 0 Å². The minimum Gasteiger partial charge on any atom is -0.481 e. The van der Waals surface area contributed by atoms with E-state index in [1.54, 1.807) is 0 Å². The first kappa shape index (κ1) is 16.8. The number of rotatable bonds is 6. The maximum Gasteiger partial charge on any atom is 0.317 e. The molecule has 6 nitrogen and oxygen atoms in total. The molecule has 1 saturated heterocycles. The van der Waals surface area contributed by atoms with E-state index in [1.807, 2.05) is 19.0 Å². The number of aliphatic carboxylic acids is 1. The van der Waals surface area contributed by atoms with Gasteiger partial charge in [0.25, 0.3) is 0 Å². The molecule has 1 rings (SSSR count). The van der Waals surface area contributed by atoms with Crippen molar-refractivity contribution in [2.45, 2.75) is 38.6 Å². The van der Waals surface area contributed by atoms with Gasteiger partial charge in [0.2, 0.25) is 0 Å². The summed E-state index contributed by atoms with van der Waals surface area (Å²) >= 11 is 0. The summed E-state index contributed by atoms with van der Waals surface area (Å²) in [6, 6.07) is 0.269. The fourth-order valence-electron chi connectivity index (χ4n) is 2.34. The van der Waals surface area contributed by atoms with Crippen LogP contribution in [0.25, 0.3) is 0 Å². The molecule has 1 heterocycles. The van der Waals surface area contributed by atoms with Gasteiger partial charge < -0.3 is 20.2 Å². The fourth-order valence-corrected chi connectivity index (χ4v) is 2.34. The first-order chi connectivity index (χ1) is 9.40. The third-order valence-electron chi connectivity index (χ3n) is 4.00. The predicted octanol–water partition coefficient (Wildman–Crippen LogP) is 1.22. The van der Waals surface area contributed by atoms with Crippen LogP contribution in [0.1, 0.15) is 32.6 Å². The number of hydrogen-bond donors (Lipinski definition) is 2. The SMILES string of the molecule is CC(CNC(=O)N1CCCC(CCC(=O)O)C1)N(C)C. The molecule has 0 aromatic rings. The van der Waals surface area contributed by atoms with Gasteiger partial charge in [0, 0.05) is 32.1 Å². The molecule has 0 aromatic carbocycles. The molecule has 0 radical (unpaired) electrons. The lowest BCUT2D eigenvalue weighted by atomic mass is 9.93. The maximum absolute atomic E-state index is 12.1. The summed E-state index contributed by atoms with van der Waals surface area (Å²) in [6.07, 6.45) is 2.83. The number of carboxylic acids is 1. The molecular formula is C14H27N3O3. The molecule has 1 aliphatic rings. The van der Waals surface area contributed by atoms with Crippen LogP contribution in [0.4, 0.5) is 4.79 Å². The van der Waals surface area contributed by atoms with Gasteiger partial charge in [0.05, 0.1) is 0 Å². The molecule has 2 amide bonds. The number of nitrogens with zero attached hydrogens (tertiary/aromatic N) is 2. The molecule has 2 unspecified atom stereocenters. The summed E-state index contributed by atoms with van der Waals surface area (Å²) in [4.78, 5) is 26.6. The van der Waals surface area contributed by atoms with Gasteiger partial charge in [-0.2, -0.15) is 0 Å². The number of piperidine rings is 1. The van der Waals surface area contributed by atoms with Gasteiger partial charge in [-0.1, -0.05) is 0 Å². The zero-order valence-corrected chi connectivity index (χ0v) is 12.8. The predicted molar refractivity (Wildman–Crippen MR) is 77.7 cm³/mol. The Bertz CT molecular complexity index is 334. The molecule has 0 saturated carbocycles. The maximum atomic E-state index is 12.1. The van der Waals surface area contributed by atoms with Gasteiger partial charge in [-0.15, -0.1) is 0 Å². The number of carbonyl (C=O) groups excluding carboxylic acids is 1. The van der Waals surface area contributed by atoms with Crippen LogP contribution >= 0.6 is 0 Å². The highest BCUT2D eigenvalue weighted by Crippen LogP contribution is 2.20. The summed E-state index contributed by atoms with van der Waals surface area (Å²) in [5.41, 5.74) is 0. The van der Waals surface area contributed by atoms with Gasteiger partial charge in [-0.25, -0.2) is 4.79 Å². The van der Waals surface area contributed by atoms with Crippen LogP contribution in [0.2, 0.25) is 0 Å². The zero-order valence-electron chi connectivity index (χ0n) is 12.8. The van der Waals surface area contributed by atoms with E-state index in [4.69, 9.17) is 5.11 Å². The highest BCUT2D eigenvalue weighted by molar-refractivity contribution is 5.74. The minimum atomic E-state index is -0.758. The van der Waals surface area contributed by atoms with Crippen LogP contribution < -0.4 is 5.32 Å². The molecule has 0 bridgehead atoms. The van der Waals surface area contributed by atoms with Crippen LogP contribution in [0.5, 0.6) is 0 Å². The normalized spacial score (nSPS) is 20.8. The van der Waals surface area contributed by atoms with Gasteiger partial charge >= 0.3 is 12.0 Å². The van der Waals surface area contributed by atoms with Crippen LogP contribution in [-0.2, 0) is 4.79 Å². The van der Waals surface area contributed by atoms with Crippen molar-refractivity contribution in [1.82, 2.24) is 15.1 Å². The van der Waals surface area contributed by atoms with Crippen molar-refractivity contribution in [3.05, 3.63) is 0 Å². The second-order valence-corrected chi connectivity index (χ2v) is 5.89. The molecule has 0 aliphatic carbocycles. The van der Waals surface area contributed by atoms with Crippen LogP contribution in [0.3, 0.4) is 0 Å². The van der Waals surface area contributed by atoms with Gasteiger partial charge in [-0.05, 0) is 46.2 Å². The van der Waals surface area contributed by atoms with E-state index in [9.17, 15) is 9.59 Å². The number of likely N-dealkylation sites (N-methyl/N-ethyl adjacent to an activating group) is 1. The first-order valence-corrected chi connectivity index (χ1v) is 7.31. The zero-order chi connectivity index (χ0) is 15.1. The molecule has 2 atom stereocenters. The number of likely N-dealkylation sites (tertiary alicyclic amines) is 1. The lowest BCUT2D eigenvalue weighted by Gasteiger charge is -2.33. The van der Waals surface area contributed by atoms with Crippen molar-refractivity contribution in [3.8, 4) is 0 Å². The minimum absolute atomic E-state index is 0.0290. The summed E-state index contributed by atoms with van der Waals surface area (Å²) < 4.78 is 0. The highest BCUT2D eigenvalue weighted by Gasteiger charge is 2.24. The van der Waals surface area contributed by atoms with Crippen LogP contribution in [-0.4, -0.2) is 66.7 Å². The highest BCUT2D eigenvalue weighted by atomic mass is 16.4. The lowest BCUT2D eigenvalue weighted by molar-refractivity contribution is -0.137. The van der Waals surface area contributed by atoms with Crippen molar-refractivity contribution in [2.75, 3.05) is 33.7 Å². The largest absolute Gasteiger partial charge is 0.481 e. The molecule has 0 aromatic heterocycles. The van der Waals surface area contributed by atoms with E-state index in [-0.39, 0.29) is 12.5 Å². The van der Waals surface area contributed by atoms with E-state index in [0.717, 1.165) is 19.4 Å². The van der Waals surface area contributed by atoms with Crippen molar-refractivity contribution in [3.63, 3.8) is 0 Å². The van der Waals surface area contributed by atoms with E-state index in [0.29, 0.717) is 31.5 Å². The Hall–Kier alpha value is -1.30. The summed E-state index contributed by atoms with van der Waals surface area (Å²) in [7, 11) is 3.97. The Morgan fingerprint density at radius 2 is 2.15 bits per heavy atom. The molecule has 2 N–H and O–H groups in total. The Morgan fingerprint density at radius 3 is 2.75 bits per heavy atom. The molecule has 1 fully saturated rings. The Labute approximate surface area is 121 Å². The third kappa shape index (κ3) is 5.77. The van der Waals surface area contributed by atoms with Crippen molar-refractivity contribution < 1.29 is 14.7 Å². The molecule has 6 heteroatoms. The second kappa shape index (κ2) is 8.09. The van der Waals surface area contributed by atoms with Crippen LogP contribution in [0, 0.1) is 5.92 Å². The summed E-state index contributed by atoms with van der Waals surface area (Å²) in [5.74, 6) is -0.441. The van der Waals surface area contributed by atoms with Crippen molar-refractivity contribution in [2.24, 2.45) is 5.92 Å². The number of urea groups is 1. The number of carbonyl (C=O) groups is 2. The summed E-state index contributed by atoms with van der Waals surface area (Å²) in [6.45, 7) is 4.13. The second-order valence-electron chi connectivity index (χ2n) is 5.89. The third-order valence-corrected chi connectivity index (χ3v) is 4.00. The molecule has 20 heavy (non-hydrogen) atoms. The standard InChI is InChI=1S/C14H27N3O3/c1-11(16(2)3)9-15-14(20)17-8-4-5-12(10-17)6-7-13(18)19/h11-12H,4-10H2,1-3H3,(H,15,20)(H,18,19). The number of nitrogens with one attached hydrogen (secondary N) is 1. The topological polar surface area (TPSA) is 72.9 Å². The Morgan fingerprint density at radius 1 is 1.45 bits per heavy atom. The monoisotopic (exact) mass is 285 g/mol. The van der Waals surface area contributed by atoms with Crippen molar-refractivity contribution in [1.29, 1.82) is 0 Å². The van der Waals surface area contributed by atoms with Gasteiger partial charge in [0.1, 0.15) is 0 Å². The Kier molecular flexibility index (Phi) is 6.78.